The maximum Gasteiger partial charge on any atom is 0.259 e. The van der Waals surface area contributed by atoms with E-state index in [1.807, 2.05) is 44.5 Å². The number of carbonyl (C=O) groups is 1. The first kappa shape index (κ1) is 16.1. The van der Waals surface area contributed by atoms with Gasteiger partial charge in [-0.2, -0.15) is 0 Å². The lowest BCUT2D eigenvalue weighted by Gasteiger charge is -2.19. The standard InChI is InChI=1S/C17H22N2O3/c1-5-19(6-2)17(21)14-11-18(4)15-9-8-12(22-7-3)10-13(15)16(14)20/h8-11H,5-7H2,1-4H3. The minimum atomic E-state index is -0.244. The zero-order chi connectivity index (χ0) is 16.3. The van der Waals surface area contributed by atoms with Crippen molar-refractivity contribution in [3.63, 3.8) is 0 Å². The SMILES string of the molecule is CCOc1ccc2c(c1)c(=O)c(C(=O)N(CC)CC)cn2C. The number of ether oxygens (including phenoxy) is 1. The van der Waals surface area contributed by atoms with E-state index in [4.69, 9.17) is 4.74 Å². The number of aryl methyl sites for hydroxylation is 1. The number of hydrogen-bond donors (Lipinski definition) is 0. The van der Waals surface area contributed by atoms with E-state index in [0.29, 0.717) is 30.8 Å². The molecule has 2 rings (SSSR count). The number of fused-ring (bicyclic) bond motifs is 1. The Balaban J connectivity index is 2.64. The van der Waals surface area contributed by atoms with E-state index < -0.39 is 0 Å². The quantitative estimate of drug-likeness (QED) is 0.852. The molecular weight excluding hydrogens is 280 g/mol. The van der Waals surface area contributed by atoms with Crippen LogP contribution in [-0.2, 0) is 7.05 Å². The molecule has 1 amide bonds. The lowest BCUT2D eigenvalue weighted by molar-refractivity contribution is 0.0771. The van der Waals surface area contributed by atoms with Crippen LogP contribution < -0.4 is 10.2 Å². The predicted octanol–water partition coefficient (Wildman–Crippen LogP) is 2.42. The highest BCUT2D eigenvalue weighted by atomic mass is 16.5. The molecule has 2 aromatic rings. The summed E-state index contributed by atoms with van der Waals surface area (Å²) >= 11 is 0. The Morgan fingerprint density at radius 3 is 2.50 bits per heavy atom. The lowest BCUT2D eigenvalue weighted by Crippen LogP contribution is -2.34. The van der Waals surface area contributed by atoms with Gasteiger partial charge in [0.05, 0.1) is 17.5 Å². The van der Waals surface area contributed by atoms with Gasteiger partial charge in [0.25, 0.3) is 5.91 Å². The molecule has 0 aliphatic carbocycles. The molecular formula is C17H22N2O3. The molecule has 0 radical (unpaired) electrons. The van der Waals surface area contributed by atoms with Gasteiger partial charge in [-0.1, -0.05) is 0 Å². The van der Waals surface area contributed by atoms with Crippen molar-refractivity contribution in [2.24, 2.45) is 7.05 Å². The molecule has 1 heterocycles. The molecule has 0 unspecified atom stereocenters. The third-order valence-electron chi connectivity index (χ3n) is 3.75. The van der Waals surface area contributed by atoms with Crippen LogP contribution in [0.2, 0.25) is 0 Å². The Morgan fingerprint density at radius 1 is 1.23 bits per heavy atom. The zero-order valence-corrected chi connectivity index (χ0v) is 13.5. The highest BCUT2D eigenvalue weighted by Gasteiger charge is 2.18. The number of carbonyl (C=O) groups excluding carboxylic acids is 1. The van der Waals surface area contributed by atoms with Gasteiger partial charge in [0.1, 0.15) is 11.3 Å². The maximum absolute atomic E-state index is 12.7. The Morgan fingerprint density at radius 2 is 1.91 bits per heavy atom. The van der Waals surface area contributed by atoms with Crippen LogP contribution in [0, 0.1) is 0 Å². The molecule has 0 fully saturated rings. The number of pyridine rings is 1. The fourth-order valence-electron chi connectivity index (χ4n) is 2.56. The van der Waals surface area contributed by atoms with Crippen molar-refractivity contribution < 1.29 is 9.53 Å². The van der Waals surface area contributed by atoms with Crippen LogP contribution in [0.3, 0.4) is 0 Å². The van der Waals surface area contributed by atoms with Crippen LogP contribution in [-0.4, -0.2) is 35.1 Å². The first-order valence-electron chi connectivity index (χ1n) is 7.58. The van der Waals surface area contributed by atoms with Crippen LogP contribution in [0.5, 0.6) is 5.75 Å². The Bertz CT molecular complexity index is 745. The molecule has 0 aliphatic heterocycles. The third-order valence-corrected chi connectivity index (χ3v) is 3.75. The second-order valence-corrected chi connectivity index (χ2v) is 5.07. The minimum Gasteiger partial charge on any atom is -0.494 e. The molecule has 0 atom stereocenters. The van der Waals surface area contributed by atoms with Crippen molar-refractivity contribution in [3.8, 4) is 5.75 Å². The topological polar surface area (TPSA) is 51.5 Å². The van der Waals surface area contributed by atoms with E-state index in [9.17, 15) is 9.59 Å². The van der Waals surface area contributed by atoms with E-state index in [2.05, 4.69) is 0 Å². The molecule has 1 aromatic heterocycles. The van der Waals surface area contributed by atoms with E-state index in [0.717, 1.165) is 5.52 Å². The van der Waals surface area contributed by atoms with E-state index in [-0.39, 0.29) is 16.9 Å². The fourth-order valence-corrected chi connectivity index (χ4v) is 2.56. The van der Waals surface area contributed by atoms with Gasteiger partial charge in [-0.05, 0) is 39.0 Å². The minimum absolute atomic E-state index is 0.201. The van der Waals surface area contributed by atoms with E-state index in [1.165, 1.54) is 0 Å². The van der Waals surface area contributed by atoms with Crippen LogP contribution in [0.4, 0.5) is 0 Å². The molecule has 0 aliphatic rings. The van der Waals surface area contributed by atoms with E-state index in [1.54, 1.807) is 17.2 Å². The second kappa shape index (κ2) is 6.64. The van der Waals surface area contributed by atoms with Crippen LogP contribution in [0.15, 0.2) is 29.2 Å². The summed E-state index contributed by atoms with van der Waals surface area (Å²) in [5.41, 5.74) is 0.739. The molecule has 118 valence electrons. The number of rotatable bonds is 5. The summed E-state index contributed by atoms with van der Waals surface area (Å²) < 4.78 is 7.26. The Hall–Kier alpha value is -2.30. The van der Waals surface area contributed by atoms with Crippen molar-refractivity contribution >= 4 is 16.8 Å². The van der Waals surface area contributed by atoms with Crippen molar-refractivity contribution in [3.05, 3.63) is 40.2 Å². The summed E-state index contributed by atoms with van der Waals surface area (Å²) in [6, 6.07) is 5.38. The summed E-state index contributed by atoms with van der Waals surface area (Å²) in [5, 5.41) is 0.506. The normalized spacial score (nSPS) is 10.7. The molecule has 0 saturated heterocycles. The molecule has 5 nitrogen and oxygen atoms in total. The Labute approximate surface area is 130 Å². The van der Waals surface area contributed by atoms with Gasteiger partial charge in [0.15, 0.2) is 0 Å². The Kier molecular flexibility index (Phi) is 4.85. The number of benzene rings is 1. The largest absolute Gasteiger partial charge is 0.494 e. The van der Waals surface area contributed by atoms with Crippen LogP contribution in [0.1, 0.15) is 31.1 Å². The number of aromatic nitrogens is 1. The summed E-state index contributed by atoms with van der Waals surface area (Å²) in [6.07, 6.45) is 1.62. The molecule has 0 bridgehead atoms. The molecule has 5 heteroatoms. The van der Waals surface area contributed by atoms with Gasteiger partial charge in [-0.15, -0.1) is 0 Å². The summed E-state index contributed by atoms with van der Waals surface area (Å²) in [7, 11) is 1.83. The first-order chi connectivity index (χ1) is 10.5. The van der Waals surface area contributed by atoms with Crippen LogP contribution in [0.25, 0.3) is 10.9 Å². The van der Waals surface area contributed by atoms with Crippen molar-refractivity contribution in [1.29, 1.82) is 0 Å². The van der Waals surface area contributed by atoms with Gasteiger partial charge in [-0.25, -0.2) is 0 Å². The van der Waals surface area contributed by atoms with Gasteiger partial charge < -0.3 is 14.2 Å². The third kappa shape index (κ3) is 2.84. The van der Waals surface area contributed by atoms with Gasteiger partial charge in [-0.3, -0.25) is 9.59 Å². The lowest BCUT2D eigenvalue weighted by atomic mass is 10.1. The maximum atomic E-state index is 12.7. The molecule has 0 N–H and O–H groups in total. The van der Waals surface area contributed by atoms with Crippen LogP contribution >= 0.6 is 0 Å². The first-order valence-corrected chi connectivity index (χ1v) is 7.58. The summed E-state index contributed by atoms with van der Waals surface area (Å²) in [4.78, 5) is 26.9. The molecule has 0 saturated carbocycles. The summed E-state index contributed by atoms with van der Waals surface area (Å²) in [5.74, 6) is 0.411. The number of hydrogen-bond acceptors (Lipinski definition) is 3. The zero-order valence-electron chi connectivity index (χ0n) is 13.5. The average molecular weight is 302 g/mol. The monoisotopic (exact) mass is 302 g/mol. The van der Waals surface area contributed by atoms with Crippen molar-refractivity contribution in [2.75, 3.05) is 19.7 Å². The van der Waals surface area contributed by atoms with Gasteiger partial charge in [0, 0.05) is 26.3 Å². The summed E-state index contributed by atoms with van der Waals surface area (Å²) in [6.45, 7) is 7.39. The molecule has 22 heavy (non-hydrogen) atoms. The molecule has 0 spiro atoms. The second-order valence-electron chi connectivity index (χ2n) is 5.07. The number of amides is 1. The van der Waals surface area contributed by atoms with E-state index >= 15 is 0 Å². The van der Waals surface area contributed by atoms with Crippen molar-refractivity contribution in [1.82, 2.24) is 9.47 Å². The predicted molar refractivity (Wildman–Crippen MR) is 87.6 cm³/mol. The van der Waals surface area contributed by atoms with Gasteiger partial charge >= 0.3 is 0 Å². The van der Waals surface area contributed by atoms with Crippen molar-refractivity contribution in [2.45, 2.75) is 20.8 Å². The fraction of sp³-hybridized carbons (Fsp3) is 0.412. The highest BCUT2D eigenvalue weighted by molar-refractivity contribution is 5.97. The number of nitrogens with zero attached hydrogens (tertiary/aromatic N) is 2. The van der Waals surface area contributed by atoms with Gasteiger partial charge in [0.2, 0.25) is 5.43 Å². The highest BCUT2D eigenvalue weighted by Crippen LogP contribution is 2.19. The molecule has 1 aromatic carbocycles. The average Bonchev–Trinajstić information content (AvgIpc) is 2.52. The smallest absolute Gasteiger partial charge is 0.259 e.